The lowest BCUT2D eigenvalue weighted by molar-refractivity contribution is 0.0690. The molecule has 5 nitrogen and oxygen atoms in total. The molecule has 2 aromatic heterocycles. The summed E-state index contributed by atoms with van der Waals surface area (Å²) in [4.78, 5) is 15.9. The molecule has 0 amide bonds. The smallest absolute Gasteiger partial charge is 0.356 e. The zero-order chi connectivity index (χ0) is 15.0. The van der Waals surface area contributed by atoms with Crippen LogP contribution in [0.5, 0.6) is 0 Å². The summed E-state index contributed by atoms with van der Waals surface area (Å²) in [5.74, 6) is -0.667. The Hall–Kier alpha value is -2.82. The number of aryl methyl sites for hydroxylation is 2. The van der Waals surface area contributed by atoms with E-state index in [4.69, 9.17) is 0 Å². The highest BCUT2D eigenvalue weighted by Gasteiger charge is 2.18. The van der Waals surface area contributed by atoms with Crippen LogP contribution in [0.3, 0.4) is 0 Å². The number of rotatable bonds is 3. The van der Waals surface area contributed by atoms with Gasteiger partial charge in [-0.3, -0.25) is 4.40 Å². The quantitative estimate of drug-likeness (QED) is 0.772. The Bertz CT molecular complexity index is 816. The van der Waals surface area contributed by atoms with Crippen LogP contribution in [0.2, 0.25) is 0 Å². The van der Waals surface area contributed by atoms with E-state index in [0.717, 1.165) is 16.8 Å². The Balaban J connectivity index is 2.11. The molecule has 3 rings (SSSR count). The Kier molecular flexibility index (Phi) is 3.10. The SMILES string of the molecule is Cc1cc(C)cc(Nc2nc3ccccn3c2C(=O)O)c1. The number of imidazole rings is 1. The van der Waals surface area contributed by atoms with Crippen LogP contribution in [-0.4, -0.2) is 20.5 Å². The van der Waals surface area contributed by atoms with Crippen molar-refractivity contribution in [3.63, 3.8) is 0 Å². The van der Waals surface area contributed by atoms with E-state index in [-0.39, 0.29) is 5.69 Å². The highest BCUT2D eigenvalue weighted by molar-refractivity contribution is 5.93. The molecule has 2 heterocycles. The van der Waals surface area contributed by atoms with Crippen molar-refractivity contribution < 1.29 is 9.90 Å². The third-order valence-electron chi connectivity index (χ3n) is 3.22. The van der Waals surface area contributed by atoms with Crippen molar-refractivity contribution in [3.05, 3.63) is 59.4 Å². The van der Waals surface area contributed by atoms with Gasteiger partial charge < -0.3 is 10.4 Å². The first kappa shape index (κ1) is 13.2. The molecule has 1 aromatic carbocycles. The van der Waals surface area contributed by atoms with Crippen LogP contribution in [0.4, 0.5) is 11.5 Å². The molecule has 2 N–H and O–H groups in total. The van der Waals surface area contributed by atoms with Crippen LogP contribution in [0.15, 0.2) is 42.6 Å². The Morgan fingerprint density at radius 2 is 1.90 bits per heavy atom. The maximum Gasteiger partial charge on any atom is 0.356 e. The first-order valence-electron chi connectivity index (χ1n) is 6.60. The van der Waals surface area contributed by atoms with Gasteiger partial charge in [0.05, 0.1) is 0 Å². The summed E-state index contributed by atoms with van der Waals surface area (Å²) < 4.78 is 1.56. The van der Waals surface area contributed by atoms with Crippen molar-refractivity contribution >= 4 is 23.1 Å². The van der Waals surface area contributed by atoms with E-state index < -0.39 is 5.97 Å². The third kappa shape index (κ3) is 2.45. The van der Waals surface area contributed by atoms with Crippen molar-refractivity contribution in [1.82, 2.24) is 9.38 Å². The molecule has 5 heteroatoms. The minimum absolute atomic E-state index is 0.129. The summed E-state index contributed by atoms with van der Waals surface area (Å²) >= 11 is 0. The second-order valence-electron chi connectivity index (χ2n) is 5.04. The van der Waals surface area contributed by atoms with E-state index in [1.165, 1.54) is 0 Å². The number of carboxylic acids is 1. The third-order valence-corrected chi connectivity index (χ3v) is 3.22. The average Bonchev–Trinajstić information content (AvgIpc) is 2.75. The second-order valence-corrected chi connectivity index (χ2v) is 5.04. The lowest BCUT2D eigenvalue weighted by atomic mass is 10.1. The molecule has 3 aromatic rings. The predicted molar refractivity (Wildman–Crippen MR) is 81.4 cm³/mol. The fourth-order valence-corrected chi connectivity index (χ4v) is 2.47. The van der Waals surface area contributed by atoms with E-state index in [2.05, 4.69) is 16.4 Å². The number of nitrogens with zero attached hydrogens (tertiary/aromatic N) is 2. The fraction of sp³-hybridized carbons (Fsp3) is 0.125. The first-order chi connectivity index (χ1) is 10.0. The molecule has 0 atom stereocenters. The first-order valence-corrected chi connectivity index (χ1v) is 6.60. The molecular formula is C16H15N3O2. The van der Waals surface area contributed by atoms with Gasteiger partial charge in [-0.15, -0.1) is 0 Å². The highest BCUT2D eigenvalue weighted by atomic mass is 16.4. The Morgan fingerprint density at radius 3 is 2.57 bits per heavy atom. The summed E-state index contributed by atoms with van der Waals surface area (Å²) in [6, 6.07) is 11.4. The van der Waals surface area contributed by atoms with Crippen LogP contribution >= 0.6 is 0 Å². The second kappa shape index (κ2) is 4.94. The number of nitrogens with one attached hydrogen (secondary N) is 1. The number of aromatic carboxylic acids is 1. The van der Waals surface area contributed by atoms with Gasteiger partial charge in [-0.25, -0.2) is 9.78 Å². The van der Waals surface area contributed by atoms with Gasteiger partial charge in [0, 0.05) is 11.9 Å². The van der Waals surface area contributed by atoms with Crippen LogP contribution in [0.25, 0.3) is 5.65 Å². The molecule has 0 aliphatic heterocycles. The van der Waals surface area contributed by atoms with Gasteiger partial charge in [0.15, 0.2) is 11.5 Å². The van der Waals surface area contributed by atoms with E-state index in [1.54, 1.807) is 22.7 Å². The molecule has 21 heavy (non-hydrogen) atoms. The zero-order valence-electron chi connectivity index (χ0n) is 11.8. The summed E-state index contributed by atoms with van der Waals surface area (Å²) in [7, 11) is 0. The Morgan fingerprint density at radius 1 is 1.19 bits per heavy atom. The van der Waals surface area contributed by atoms with E-state index in [1.807, 2.05) is 32.0 Å². The standard InChI is InChI=1S/C16H15N3O2/c1-10-7-11(2)9-12(8-10)17-15-14(16(20)21)19-6-4-3-5-13(19)18-15/h3-9,17H,1-2H3,(H,20,21). The maximum absolute atomic E-state index is 11.5. The molecule has 0 saturated carbocycles. The molecule has 0 radical (unpaired) electrons. The van der Waals surface area contributed by atoms with Crippen molar-refractivity contribution in [2.24, 2.45) is 0 Å². The van der Waals surface area contributed by atoms with Gasteiger partial charge in [0.1, 0.15) is 5.65 Å². The minimum Gasteiger partial charge on any atom is -0.476 e. The molecule has 0 aliphatic carbocycles. The van der Waals surface area contributed by atoms with Crippen molar-refractivity contribution in [2.45, 2.75) is 13.8 Å². The molecular weight excluding hydrogens is 266 g/mol. The van der Waals surface area contributed by atoms with Gasteiger partial charge in [0.25, 0.3) is 0 Å². The van der Waals surface area contributed by atoms with Crippen LogP contribution in [-0.2, 0) is 0 Å². The summed E-state index contributed by atoms with van der Waals surface area (Å²) in [5.41, 5.74) is 3.78. The molecule has 0 unspecified atom stereocenters. The monoisotopic (exact) mass is 281 g/mol. The van der Waals surface area contributed by atoms with Crippen LogP contribution in [0.1, 0.15) is 21.6 Å². The van der Waals surface area contributed by atoms with Crippen molar-refractivity contribution in [2.75, 3.05) is 5.32 Å². The molecule has 106 valence electrons. The largest absolute Gasteiger partial charge is 0.476 e. The lowest BCUT2D eigenvalue weighted by Gasteiger charge is -2.07. The number of benzene rings is 1. The van der Waals surface area contributed by atoms with E-state index in [0.29, 0.717) is 11.5 Å². The van der Waals surface area contributed by atoms with Gasteiger partial charge in [0.2, 0.25) is 0 Å². The van der Waals surface area contributed by atoms with Gasteiger partial charge in [-0.05, 0) is 49.2 Å². The molecule has 0 spiro atoms. The number of carboxylic acid groups (broad SMARTS) is 1. The minimum atomic E-state index is -1.01. The number of pyridine rings is 1. The van der Waals surface area contributed by atoms with E-state index >= 15 is 0 Å². The zero-order valence-corrected chi connectivity index (χ0v) is 11.8. The number of aromatic nitrogens is 2. The fourth-order valence-electron chi connectivity index (χ4n) is 2.47. The average molecular weight is 281 g/mol. The molecule has 0 bridgehead atoms. The van der Waals surface area contributed by atoms with Crippen LogP contribution in [0, 0.1) is 13.8 Å². The molecule has 0 aliphatic rings. The van der Waals surface area contributed by atoms with E-state index in [9.17, 15) is 9.90 Å². The van der Waals surface area contributed by atoms with Gasteiger partial charge in [-0.2, -0.15) is 0 Å². The number of fused-ring (bicyclic) bond motifs is 1. The maximum atomic E-state index is 11.5. The van der Waals surface area contributed by atoms with Gasteiger partial charge in [-0.1, -0.05) is 12.1 Å². The highest BCUT2D eigenvalue weighted by Crippen LogP contribution is 2.23. The topological polar surface area (TPSA) is 66.6 Å². The summed E-state index contributed by atoms with van der Waals surface area (Å²) in [6.45, 7) is 4.00. The Labute approximate surface area is 121 Å². The number of hydrogen-bond donors (Lipinski definition) is 2. The number of carbonyl (C=O) groups is 1. The van der Waals surface area contributed by atoms with Crippen LogP contribution < -0.4 is 5.32 Å². The summed E-state index contributed by atoms with van der Waals surface area (Å²) in [5, 5.41) is 12.6. The van der Waals surface area contributed by atoms with Gasteiger partial charge >= 0.3 is 5.97 Å². The number of hydrogen-bond acceptors (Lipinski definition) is 3. The van der Waals surface area contributed by atoms with Crippen molar-refractivity contribution in [3.8, 4) is 0 Å². The predicted octanol–water partition coefficient (Wildman–Crippen LogP) is 3.39. The lowest BCUT2D eigenvalue weighted by Crippen LogP contribution is -2.05. The molecule has 0 saturated heterocycles. The molecule has 0 fully saturated rings. The normalized spacial score (nSPS) is 10.8. The number of anilines is 2. The van der Waals surface area contributed by atoms with Crippen molar-refractivity contribution in [1.29, 1.82) is 0 Å². The summed E-state index contributed by atoms with van der Waals surface area (Å²) in [6.07, 6.45) is 1.69.